The first-order valence-electron chi connectivity index (χ1n) is 10.4. The standard InChI is InChI=1S/C22H27N3O3S/c1-2-13-28-18-7-5-15(6-8-18)19-14-29-22(23-19)24-20(26)16-9-11-25(12-10-16)21(27)17-3-4-17/h5-8,14,16-17H,2-4,9-13H2,1H3,(H,23,24,26). The van der Waals surface area contributed by atoms with Gasteiger partial charge in [-0.25, -0.2) is 4.98 Å². The van der Waals surface area contributed by atoms with Gasteiger partial charge in [-0.15, -0.1) is 11.3 Å². The number of hydrogen-bond acceptors (Lipinski definition) is 5. The first-order chi connectivity index (χ1) is 14.1. The Labute approximate surface area is 175 Å². The number of ether oxygens (including phenoxy) is 1. The van der Waals surface area contributed by atoms with Crippen LogP contribution in [0.15, 0.2) is 29.6 Å². The number of nitrogens with zero attached hydrogens (tertiary/aromatic N) is 2. The number of thiazole rings is 1. The zero-order valence-corrected chi connectivity index (χ0v) is 17.5. The fourth-order valence-electron chi connectivity index (χ4n) is 3.56. The lowest BCUT2D eigenvalue weighted by atomic mass is 9.95. The van der Waals surface area contributed by atoms with E-state index in [1.807, 2.05) is 34.5 Å². The molecule has 6 nitrogen and oxygen atoms in total. The number of aromatic nitrogens is 1. The zero-order chi connectivity index (χ0) is 20.2. The van der Waals surface area contributed by atoms with E-state index < -0.39 is 0 Å². The van der Waals surface area contributed by atoms with Crippen LogP contribution in [-0.2, 0) is 9.59 Å². The van der Waals surface area contributed by atoms with E-state index >= 15 is 0 Å². The molecule has 7 heteroatoms. The Balaban J connectivity index is 1.29. The molecule has 1 saturated heterocycles. The third-order valence-electron chi connectivity index (χ3n) is 5.46. The summed E-state index contributed by atoms with van der Waals surface area (Å²) >= 11 is 1.43. The molecular formula is C22H27N3O3S. The van der Waals surface area contributed by atoms with E-state index in [-0.39, 0.29) is 23.7 Å². The smallest absolute Gasteiger partial charge is 0.229 e. The highest BCUT2D eigenvalue weighted by Gasteiger charge is 2.36. The molecule has 1 aromatic carbocycles. The van der Waals surface area contributed by atoms with Crippen LogP contribution in [0.25, 0.3) is 11.3 Å². The van der Waals surface area contributed by atoms with Crippen molar-refractivity contribution in [1.29, 1.82) is 0 Å². The molecule has 2 fully saturated rings. The van der Waals surface area contributed by atoms with Gasteiger partial charge in [-0.2, -0.15) is 0 Å². The quantitative estimate of drug-likeness (QED) is 0.739. The Morgan fingerprint density at radius 1 is 1.14 bits per heavy atom. The predicted molar refractivity (Wildman–Crippen MR) is 114 cm³/mol. The molecule has 2 amide bonds. The summed E-state index contributed by atoms with van der Waals surface area (Å²) in [6.07, 6.45) is 4.48. The van der Waals surface area contributed by atoms with Crippen molar-refractivity contribution in [3.05, 3.63) is 29.6 Å². The zero-order valence-electron chi connectivity index (χ0n) is 16.7. The Kier molecular flexibility index (Phi) is 6.13. The number of anilines is 1. The summed E-state index contributed by atoms with van der Waals surface area (Å²) in [7, 11) is 0. The molecule has 0 bridgehead atoms. The number of carbonyl (C=O) groups is 2. The number of benzene rings is 1. The van der Waals surface area contributed by atoms with Gasteiger partial charge in [-0.05, 0) is 56.4 Å². The molecule has 2 aliphatic rings. The number of nitrogens with one attached hydrogen (secondary N) is 1. The van der Waals surface area contributed by atoms with Gasteiger partial charge in [0.1, 0.15) is 5.75 Å². The van der Waals surface area contributed by atoms with E-state index in [1.165, 1.54) is 11.3 Å². The summed E-state index contributed by atoms with van der Waals surface area (Å²) in [5.74, 6) is 1.33. The second-order valence-corrected chi connectivity index (χ2v) is 8.63. The SMILES string of the molecule is CCCOc1ccc(-c2csc(NC(=O)C3CCN(C(=O)C4CC4)CC3)n2)cc1. The van der Waals surface area contributed by atoms with Gasteiger partial charge in [-0.3, -0.25) is 9.59 Å². The fraction of sp³-hybridized carbons (Fsp3) is 0.500. The van der Waals surface area contributed by atoms with Crippen molar-refractivity contribution >= 4 is 28.3 Å². The Morgan fingerprint density at radius 2 is 1.86 bits per heavy atom. The van der Waals surface area contributed by atoms with Crippen LogP contribution < -0.4 is 10.1 Å². The number of likely N-dealkylation sites (tertiary alicyclic amines) is 1. The van der Waals surface area contributed by atoms with E-state index in [1.54, 1.807) is 0 Å². The summed E-state index contributed by atoms with van der Waals surface area (Å²) in [6, 6.07) is 7.86. The molecule has 1 saturated carbocycles. The minimum Gasteiger partial charge on any atom is -0.494 e. The molecule has 0 radical (unpaired) electrons. The maximum Gasteiger partial charge on any atom is 0.229 e. The molecular weight excluding hydrogens is 386 g/mol. The maximum atomic E-state index is 12.6. The van der Waals surface area contributed by atoms with Crippen LogP contribution in [0.5, 0.6) is 5.75 Å². The first kappa shape index (κ1) is 19.9. The Hall–Kier alpha value is -2.41. The van der Waals surface area contributed by atoms with Gasteiger partial charge in [0.05, 0.1) is 12.3 Å². The lowest BCUT2D eigenvalue weighted by Gasteiger charge is -2.31. The average molecular weight is 414 g/mol. The number of hydrogen-bond donors (Lipinski definition) is 1. The Morgan fingerprint density at radius 3 is 2.52 bits per heavy atom. The molecule has 0 unspecified atom stereocenters. The van der Waals surface area contributed by atoms with Crippen LogP contribution in [-0.4, -0.2) is 41.4 Å². The van der Waals surface area contributed by atoms with Gasteiger partial charge in [0.2, 0.25) is 11.8 Å². The van der Waals surface area contributed by atoms with E-state index in [9.17, 15) is 9.59 Å². The lowest BCUT2D eigenvalue weighted by Crippen LogP contribution is -2.42. The third kappa shape index (κ3) is 4.96. The topological polar surface area (TPSA) is 71.5 Å². The molecule has 0 atom stereocenters. The number of rotatable bonds is 7. The second-order valence-electron chi connectivity index (χ2n) is 7.77. The summed E-state index contributed by atoms with van der Waals surface area (Å²) < 4.78 is 5.61. The maximum absolute atomic E-state index is 12.6. The summed E-state index contributed by atoms with van der Waals surface area (Å²) in [5, 5.41) is 5.53. The molecule has 1 aliphatic heterocycles. The minimum atomic E-state index is -0.0550. The molecule has 2 heterocycles. The normalized spacial score (nSPS) is 17.2. The first-order valence-corrected chi connectivity index (χ1v) is 11.3. The van der Waals surface area contributed by atoms with Crippen LogP contribution >= 0.6 is 11.3 Å². The molecule has 2 aromatic rings. The molecule has 0 spiro atoms. The van der Waals surface area contributed by atoms with Crippen molar-refractivity contribution < 1.29 is 14.3 Å². The monoisotopic (exact) mass is 413 g/mol. The van der Waals surface area contributed by atoms with Gasteiger partial charge in [0.25, 0.3) is 0 Å². The number of amides is 2. The van der Waals surface area contributed by atoms with Crippen molar-refractivity contribution in [2.75, 3.05) is 25.0 Å². The van der Waals surface area contributed by atoms with Crippen molar-refractivity contribution in [3.8, 4) is 17.0 Å². The molecule has 1 N–H and O–H groups in total. The van der Waals surface area contributed by atoms with E-state index in [0.717, 1.165) is 49.1 Å². The van der Waals surface area contributed by atoms with Crippen molar-refractivity contribution in [1.82, 2.24) is 9.88 Å². The van der Waals surface area contributed by atoms with Crippen molar-refractivity contribution in [2.24, 2.45) is 11.8 Å². The summed E-state index contributed by atoms with van der Waals surface area (Å²) in [6.45, 7) is 4.16. The van der Waals surface area contributed by atoms with Crippen LogP contribution in [0.4, 0.5) is 5.13 Å². The highest BCUT2D eigenvalue weighted by atomic mass is 32.1. The van der Waals surface area contributed by atoms with Crippen molar-refractivity contribution in [2.45, 2.75) is 39.0 Å². The van der Waals surface area contributed by atoms with Gasteiger partial charge < -0.3 is 15.0 Å². The lowest BCUT2D eigenvalue weighted by molar-refractivity contribution is -0.135. The molecule has 1 aromatic heterocycles. The number of carbonyl (C=O) groups excluding carboxylic acids is 2. The van der Waals surface area contributed by atoms with Gasteiger partial charge in [0, 0.05) is 35.9 Å². The van der Waals surface area contributed by atoms with Gasteiger partial charge >= 0.3 is 0 Å². The summed E-state index contributed by atoms with van der Waals surface area (Å²) in [5.41, 5.74) is 1.84. The van der Waals surface area contributed by atoms with E-state index in [0.29, 0.717) is 24.8 Å². The molecule has 1 aliphatic carbocycles. The second kappa shape index (κ2) is 8.95. The molecule has 29 heavy (non-hydrogen) atoms. The third-order valence-corrected chi connectivity index (χ3v) is 6.22. The highest BCUT2D eigenvalue weighted by molar-refractivity contribution is 7.14. The van der Waals surface area contributed by atoms with E-state index in [2.05, 4.69) is 17.2 Å². The Bertz CT molecular complexity index is 852. The van der Waals surface area contributed by atoms with Crippen LogP contribution in [0.2, 0.25) is 0 Å². The largest absolute Gasteiger partial charge is 0.494 e. The highest BCUT2D eigenvalue weighted by Crippen LogP contribution is 2.33. The van der Waals surface area contributed by atoms with Gasteiger partial charge in [0.15, 0.2) is 5.13 Å². The predicted octanol–water partition coefficient (Wildman–Crippen LogP) is 4.19. The van der Waals surface area contributed by atoms with Crippen LogP contribution in [0.1, 0.15) is 39.0 Å². The number of piperidine rings is 1. The average Bonchev–Trinajstić information content (AvgIpc) is 3.51. The van der Waals surface area contributed by atoms with Crippen LogP contribution in [0, 0.1) is 11.8 Å². The molecule has 154 valence electrons. The minimum absolute atomic E-state index is 0.00716. The van der Waals surface area contributed by atoms with E-state index in [4.69, 9.17) is 4.74 Å². The fourth-order valence-corrected chi connectivity index (χ4v) is 4.29. The van der Waals surface area contributed by atoms with Crippen LogP contribution in [0.3, 0.4) is 0 Å². The van der Waals surface area contributed by atoms with Crippen molar-refractivity contribution in [3.63, 3.8) is 0 Å². The molecule has 4 rings (SSSR count). The summed E-state index contributed by atoms with van der Waals surface area (Å²) in [4.78, 5) is 31.3. The van der Waals surface area contributed by atoms with Gasteiger partial charge in [-0.1, -0.05) is 6.92 Å².